The molecule has 0 aromatic heterocycles. The summed E-state index contributed by atoms with van der Waals surface area (Å²) in [6.07, 6.45) is 83.3. The monoisotopic (exact) mass is 1080 g/mol. The van der Waals surface area contributed by atoms with Crippen molar-refractivity contribution in [3.8, 4) is 0 Å². The van der Waals surface area contributed by atoms with E-state index in [0.29, 0.717) is 17.4 Å². The highest BCUT2D eigenvalue weighted by Crippen LogP contribution is 2.38. The van der Waals surface area contributed by atoms with E-state index >= 15 is 0 Å². The molecule has 0 aromatic carbocycles. The van der Waals surface area contributed by atoms with E-state index in [1.807, 2.05) is 27.2 Å². The van der Waals surface area contributed by atoms with E-state index in [4.69, 9.17) is 9.05 Å². The zero-order chi connectivity index (χ0) is 55.6. The van der Waals surface area contributed by atoms with Crippen LogP contribution in [0.1, 0.15) is 258 Å². The lowest BCUT2D eigenvalue weighted by Crippen LogP contribution is -2.45. The van der Waals surface area contributed by atoms with Crippen molar-refractivity contribution >= 4 is 13.7 Å². The fourth-order valence-corrected chi connectivity index (χ4v) is 9.36. The standard InChI is InChI=1S/C67H119N2O6P/c1-6-8-10-12-14-16-18-20-21-22-23-24-25-26-27-28-29-30-31-32-33-34-35-36-37-38-39-40-41-42-43-44-45-46-47-49-51-53-55-57-59-61-67(71)68-65(64-75-76(72,73)74-63-62-69(3,4)5)66(70)60-58-56-54-52-50-48-19-17-15-13-11-9-7-2/h8,10,14,16,20-21,23-24,26-27,29-30,32-33,35-36,58,60,65-66,70H,6-7,9,11-13,15,17-19,22,25,28,31,34,37-57,59,61-64H2,1-5H3,(H-,68,71,72,73)/b10-8-,16-14-,21-20-,24-23-,27-26-,30-29-,33-32-,36-35-,60-58+. The second-order valence-electron chi connectivity index (χ2n) is 22.0. The molecule has 0 fully saturated rings. The number of phosphoric acid groups is 1. The normalized spacial score (nSPS) is 14.6. The van der Waals surface area contributed by atoms with Crippen LogP contribution < -0.4 is 10.2 Å². The first kappa shape index (κ1) is 73.2. The van der Waals surface area contributed by atoms with E-state index in [0.717, 1.165) is 89.9 Å². The number of hydrogen-bond acceptors (Lipinski definition) is 6. The van der Waals surface area contributed by atoms with Crippen LogP contribution in [0.25, 0.3) is 0 Å². The Morgan fingerprint density at radius 3 is 1.17 bits per heavy atom. The molecule has 0 spiro atoms. The average Bonchev–Trinajstić information content (AvgIpc) is 3.38. The minimum absolute atomic E-state index is 0.00364. The van der Waals surface area contributed by atoms with Crippen molar-refractivity contribution < 1.29 is 32.9 Å². The highest BCUT2D eigenvalue weighted by molar-refractivity contribution is 7.45. The molecule has 0 rings (SSSR count). The lowest BCUT2D eigenvalue weighted by atomic mass is 10.0. The molecule has 0 radical (unpaired) electrons. The minimum Gasteiger partial charge on any atom is -0.756 e. The number of aliphatic hydroxyl groups excluding tert-OH is 1. The summed E-state index contributed by atoms with van der Waals surface area (Å²) in [4.78, 5) is 25.5. The van der Waals surface area contributed by atoms with Gasteiger partial charge >= 0.3 is 0 Å². The van der Waals surface area contributed by atoms with Gasteiger partial charge in [0.1, 0.15) is 13.2 Å². The number of nitrogens with one attached hydrogen (secondary N) is 1. The van der Waals surface area contributed by atoms with Gasteiger partial charge in [0.15, 0.2) is 0 Å². The number of amides is 1. The molecule has 0 aliphatic carbocycles. The van der Waals surface area contributed by atoms with Gasteiger partial charge in [-0.1, -0.05) is 277 Å². The lowest BCUT2D eigenvalue weighted by Gasteiger charge is -2.29. The number of allylic oxidation sites excluding steroid dienone is 17. The predicted molar refractivity (Wildman–Crippen MR) is 329 cm³/mol. The Bertz CT molecular complexity index is 1600. The SMILES string of the molecule is CC/C=C\C/C=C\C/C=C\C/C=C\C/C=C\C/C=C\C/C=C\C/C=C\CCCCCCCCCCCCCCCCCCC(=O)NC(COP(=O)([O-])OCC[N+](C)(C)C)C(O)/C=C/CCCCCCCCCCCCC. The van der Waals surface area contributed by atoms with Crippen LogP contribution in [0.3, 0.4) is 0 Å². The second kappa shape index (κ2) is 56.9. The van der Waals surface area contributed by atoms with Crippen molar-refractivity contribution in [1.82, 2.24) is 5.32 Å². The third-order valence-corrected chi connectivity index (χ3v) is 14.5. The summed E-state index contributed by atoms with van der Waals surface area (Å²) >= 11 is 0. The van der Waals surface area contributed by atoms with Gasteiger partial charge in [-0.3, -0.25) is 9.36 Å². The maximum atomic E-state index is 13.0. The van der Waals surface area contributed by atoms with Gasteiger partial charge in [0, 0.05) is 6.42 Å². The maximum absolute atomic E-state index is 13.0. The number of rotatable bonds is 56. The molecule has 438 valence electrons. The van der Waals surface area contributed by atoms with Gasteiger partial charge in [-0.05, 0) is 83.5 Å². The highest BCUT2D eigenvalue weighted by atomic mass is 31.2. The van der Waals surface area contributed by atoms with Crippen LogP contribution in [0, 0.1) is 0 Å². The third kappa shape index (κ3) is 58.8. The third-order valence-electron chi connectivity index (χ3n) is 13.5. The smallest absolute Gasteiger partial charge is 0.268 e. The number of carbonyl (C=O) groups excluding carboxylic acids is 1. The van der Waals surface area contributed by atoms with Crippen molar-refractivity contribution in [3.05, 3.63) is 109 Å². The second-order valence-corrected chi connectivity index (χ2v) is 23.4. The van der Waals surface area contributed by atoms with E-state index in [1.165, 1.54) is 148 Å². The number of unbranched alkanes of at least 4 members (excludes halogenated alkanes) is 27. The average molecular weight is 1080 g/mol. The molecule has 3 unspecified atom stereocenters. The lowest BCUT2D eigenvalue weighted by molar-refractivity contribution is -0.870. The Hall–Kier alpha value is -2.84. The Kier molecular flexibility index (Phi) is 54.7. The van der Waals surface area contributed by atoms with E-state index in [-0.39, 0.29) is 19.1 Å². The first-order valence-electron chi connectivity index (χ1n) is 31.2. The highest BCUT2D eigenvalue weighted by Gasteiger charge is 2.23. The van der Waals surface area contributed by atoms with Gasteiger partial charge in [-0.15, -0.1) is 0 Å². The van der Waals surface area contributed by atoms with Crippen molar-refractivity contribution in [2.24, 2.45) is 0 Å². The molecule has 0 aliphatic heterocycles. The minimum atomic E-state index is -4.60. The van der Waals surface area contributed by atoms with E-state index in [1.54, 1.807) is 6.08 Å². The van der Waals surface area contributed by atoms with Crippen molar-refractivity contribution in [2.45, 2.75) is 270 Å². The molecule has 0 saturated heterocycles. The van der Waals surface area contributed by atoms with E-state index in [2.05, 4.69) is 116 Å². The van der Waals surface area contributed by atoms with Gasteiger partial charge in [-0.2, -0.15) is 0 Å². The van der Waals surface area contributed by atoms with E-state index in [9.17, 15) is 19.4 Å². The largest absolute Gasteiger partial charge is 0.756 e. The van der Waals surface area contributed by atoms with Gasteiger partial charge in [0.05, 0.1) is 39.9 Å². The first-order chi connectivity index (χ1) is 37.0. The van der Waals surface area contributed by atoms with Crippen LogP contribution in [0.5, 0.6) is 0 Å². The maximum Gasteiger partial charge on any atom is 0.268 e. The van der Waals surface area contributed by atoms with Crippen LogP contribution >= 0.6 is 7.82 Å². The van der Waals surface area contributed by atoms with Gasteiger partial charge in [-0.25, -0.2) is 0 Å². The van der Waals surface area contributed by atoms with Crippen molar-refractivity contribution in [1.29, 1.82) is 0 Å². The van der Waals surface area contributed by atoms with Crippen molar-refractivity contribution in [2.75, 3.05) is 40.9 Å². The van der Waals surface area contributed by atoms with Crippen molar-refractivity contribution in [3.63, 3.8) is 0 Å². The summed E-state index contributed by atoms with van der Waals surface area (Å²) in [6, 6.07) is -0.890. The zero-order valence-corrected chi connectivity index (χ0v) is 50.8. The van der Waals surface area contributed by atoms with Gasteiger partial charge < -0.3 is 28.8 Å². The Morgan fingerprint density at radius 1 is 0.474 bits per heavy atom. The first-order valence-corrected chi connectivity index (χ1v) is 32.7. The van der Waals surface area contributed by atoms with Crippen LogP contribution in [-0.2, 0) is 18.4 Å². The number of nitrogens with zero attached hydrogens (tertiary/aromatic N) is 1. The molecule has 0 saturated carbocycles. The number of quaternary nitrogens is 1. The Labute approximate surface area is 470 Å². The van der Waals surface area contributed by atoms with Crippen LogP contribution in [-0.4, -0.2) is 68.5 Å². The molecule has 0 heterocycles. The number of likely N-dealkylation sites (N-methyl/N-ethyl adjacent to an activating group) is 1. The molecule has 76 heavy (non-hydrogen) atoms. The number of carbonyl (C=O) groups is 1. The summed E-state index contributed by atoms with van der Waals surface area (Å²) in [5.41, 5.74) is 0. The number of hydrogen-bond donors (Lipinski definition) is 2. The molecular weight excluding hydrogens is 960 g/mol. The summed E-state index contributed by atoms with van der Waals surface area (Å²) in [5.74, 6) is -0.200. The fourth-order valence-electron chi connectivity index (χ4n) is 8.64. The number of phosphoric ester groups is 1. The Morgan fingerprint density at radius 2 is 0.803 bits per heavy atom. The van der Waals surface area contributed by atoms with Crippen LogP contribution in [0.2, 0.25) is 0 Å². The summed E-state index contributed by atoms with van der Waals surface area (Å²) in [6.45, 7) is 4.53. The van der Waals surface area contributed by atoms with Gasteiger partial charge in [0.25, 0.3) is 7.82 Å². The molecule has 0 aliphatic rings. The Balaban J connectivity index is 3.98. The molecule has 0 aromatic rings. The molecule has 2 N–H and O–H groups in total. The summed E-state index contributed by atoms with van der Waals surface area (Å²) in [5, 5.41) is 13.9. The topological polar surface area (TPSA) is 108 Å². The summed E-state index contributed by atoms with van der Waals surface area (Å²) in [7, 11) is 1.26. The molecule has 9 heteroatoms. The quantitative estimate of drug-likeness (QED) is 0.0272. The van der Waals surface area contributed by atoms with Gasteiger partial charge in [0.2, 0.25) is 5.91 Å². The van der Waals surface area contributed by atoms with Crippen LogP contribution in [0.4, 0.5) is 0 Å². The predicted octanol–water partition coefficient (Wildman–Crippen LogP) is 18.9. The molecule has 3 atom stereocenters. The zero-order valence-electron chi connectivity index (χ0n) is 49.9. The molecule has 0 bridgehead atoms. The number of aliphatic hydroxyl groups is 1. The van der Waals surface area contributed by atoms with E-state index < -0.39 is 20.0 Å². The summed E-state index contributed by atoms with van der Waals surface area (Å²) < 4.78 is 23.3. The van der Waals surface area contributed by atoms with Crippen LogP contribution in [0.15, 0.2) is 109 Å². The molecular formula is C67H119N2O6P. The fraction of sp³-hybridized carbons (Fsp3) is 0.716. The molecule has 1 amide bonds. The molecule has 8 nitrogen and oxygen atoms in total.